The number of rotatable bonds is 4. The number of aryl methyl sites for hydroxylation is 1. The molecular weight excluding hydrogens is 310 g/mol. The molecule has 1 aliphatic rings. The summed E-state index contributed by atoms with van der Waals surface area (Å²) in [7, 11) is 2.50. The normalized spacial score (nSPS) is 15.2. The third-order valence-corrected chi connectivity index (χ3v) is 3.35. The second kappa shape index (κ2) is 18.7. The molecule has 1 aromatic rings. The van der Waals surface area contributed by atoms with Gasteiger partial charge in [-0.25, -0.2) is 0 Å². The van der Waals surface area contributed by atoms with Crippen LogP contribution in [0.5, 0.6) is 0 Å². The standard InChI is InChI=1S/C18H22O.CH5N.CH4O.2CH4/c1-3-7-16-12-15(2)13-17(14-16)8-6-10-18-9-4-5-11-19-18;2*1-2;;/h6-7,10,12-14,18H,1,4-5,8-9,11H2,2H3;2H2,1H3;2H,1H3;2*1H4/b10-6-;;;;. The smallest absolute Gasteiger partial charge is 0.0755 e. The van der Waals surface area contributed by atoms with Gasteiger partial charge >= 0.3 is 0 Å². The van der Waals surface area contributed by atoms with Crippen LogP contribution in [0, 0.1) is 6.92 Å². The lowest BCUT2D eigenvalue weighted by Gasteiger charge is -2.19. The number of allylic oxidation sites excluding steroid dienone is 1. The van der Waals surface area contributed by atoms with E-state index >= 15 is 0 Å². The van der Waals surface area contributed by atoms with E-state index in [4.69, 9.17) is 9.84 Å². The lowest BCUT2D eigenvalue weighted by Crippen LogP contribution is -2.16. The fraction of sp³-hybridized carbons (Fsp3) is 0.500. The van der Waals surface area contributed by atoms with Crippen LogP contribution in [0.15, 0.2) is 42.7 Å². The highest BCUT2D eigenvalue weighted by molar-refractivity contribution is 5.51. The zero-order valence-electron chi connectivity index (χ0n) is 14.7. The third kappa shape index (κ3) is 12.4. The predicted molar refractivity (Wildman–Crippen MR) is 113 cm³/mol. The van der Waals surface area contributed by atoms with E-state index < -0.39 is 0 Å². The molecule has 1 unspecified atom stereocenters. The SMILES string of the molecule is C.C.C=C=Cc1cc(C)cc(C/C=C\C2CCCCO2)c1.CN.CO. The maximum absolute atomic E-state index is 7.00. The van der Waals surface area contributed by atoms with Crippen LogP contribution in [0.4, 0.5) is 0 Å². The van der Waals surface area contributed by atoms with Crippen molar-refractivity contribution in [1.82, 2.24) is 0 Å². The van der Waals surface area contributed by atoms with Crippen LogP contribution in [0.3, 0.4) is 0 Å². The third-order valence-electron chi connectivity index (χ3n) is 3.35. The molecule has 1 aromatic carbocycles. The van der Waals surface area contributed by atoms with Crippen molar-refractivity contribution in [2.75, 3.05) is 20.8 Å². The van der Waals surface area contributed by atoms with Gasteiger partial charge < -0.3 is 15.6 Å². The van der Waals surface area contributed by atoms with Crippen LogP contribution in [-0.2, 0) is 11.2 Å². The van der Waals surface area contributed by atoms with Crippen molar-refractivity contribution in [2.24, 2.45) is 5.73 Å². The van der Waals surface area contributed by atoms with Crippen LogP contribution >= 0.6 is 0 Å². The highest BCUT2D eigenvalue weighted by Gasteiger charge is 2.09. The summed E-state index contributed by atoms with van der Waals surface area (Å²) in [5.41, 5.74) is 11.1. The highest BCUT2D eigenvalue weighted by Crippen LogP contribution is 2.15. The summed E-state index contributed by atoms with van der Waals surface area (Å²) < 4.78 is 5.69. The summed E-state index contributed by atoms with van der Waals surface area (Å²) in [6.45, 7) is 6.66. The molecule has 0 saturated carbocycles. The average Bonchev–Trinajstić information content (AvgIpc) is 2.59. The molecule has 1 atom stereocenters. The molecule has 1 saturated heterocycles. The van der Waals surface area contributed by atoms with Gasteiger partial charge in [-0.15, -0.1) is 5.73 Å². The molecule has 3 N–H and O–H groups in total. The van der Waals surface area contributed by atoms with Gasteiger partial charge in [0.2, 0.25) is 0 Å². The Morgan fingerprint density at radius 2 is 1.92 bits per heavy atom. The van der Waals surface area contributed by atoms with E-state index in [1.807, 2.05) is 6.08 Å². The highest BCUT2D eigenvalue weighted by atomic mass is 16.5. The predicted octanol–water partition coefficient (Wildman–Crippen LogP) is 4.92. The number of nitrogens with two attached hydrogens (primary N) is 1. The van der Waals surface area contributed by atoms with Crippen molar-refractivity contribution in [3.05, 3.63) is 59.4 Å². The molecule has 0 bridgehead atoms. The Balaban J connectivity index is -0.000000752. The number of aliphatic hydroxyl groups excluding tert-OH is 1. The Morgan fingerprint density at radius 1 is 1.24 bits per heavy atom. The molecule has 3 nitrogen and oxygen atoms in total. The van der Waals surface area contributed by atoms with Gasteiger partial charge in [0.25, 0.3) is 0 Å². The lowest BCUT2D eigenvalue weighted by molar-refractivity contribution is 0.0465. The van der Waals surface area contributed by atoms with Crippen LogP contribution in [0.25, 0.3) is 6.08 Å². The van der Waals surface area contributed by atoms with Crippen LogP contribution < -0.4 is 5.73 Å². The minimum atomic E-state index is 0. The molecule has 0 aromatic heterocycles. The average molecular weight is 350 g/mol. The molecular formula is C22H39NO2. The van der Waals surface area contributed by atoms with E-state index in [0.717, 1.165) is 26.6 Å². The van der Waals surface area contributed by atoms with Gasteiger partial charge in [-0.1, -0.05) is 57.3 Å². The maximum atomic E-state index is 7.00. The van der Waals surface area contributed by atoms with Gasteiger partial charge in [0.1, 0.15) is 0 Å². The van der Waals surface area contributed by atoms with E-state index in [2.05, 4.69) is 55.3 Å². The fourth-order valence-corrected chi connectivity index (χ4v) is 2.49. The van der Waals surface area contributed by atoms with Crippen LogP contribution in [0.1, 0.15) is 50.8 Å². The van der Waals surface area contributed by atoms with Gasteiger partial charge in [-0.3, -0.25) is 0 Å². The lowest BCUT2D eigenvalue weighted by atomic mass is 10.0. The Labute approximate surface area is 155 Å². The minimum Gasteiger partial charge on any atom is -0.400 e. The Bertz CT molecular complexity index is 497. The number of benzene rings is 1. The summed E-state index contributed by atoms with van der Waals surface area (Å²) in [5.74, 6) is 0. The fourth-order valence-electron chi connectivity index (χ4n) is 2.49. The Morgan fingerprint density at radius 3 is 2.48 bits per heavy atom. The molecule has 3 heteroatoms. The topological polar surface area (TPSA) is 55.5 Å². The molecule has 144 valence electrons. The molecule has 0 radical (unpaired) electrons. The molecule has 0 spiro atoms. The van der Waals surface area contributed by atoms with E-state index in [-0.39, 0.29) is 14.9 Å². The molecule has 0 amide bonds. The first-order valence-electron chi connectivity index (χ1n) is 8.05. The second-order valence-electron chi connectivity index (χ2n) is 5.14. The van der Waals surface area contributed by atoms with Crippen molar-refractivity contribution >= 4 is 6.08 Å². The summed E-state index contributed by atoms with van der Waals surface area (Å²) in [5, 5.41) is 7.00. The van der Waals surface area contributed by atoms with Gasteiger partial charge in [0, 0.05) is 13.7 Å². The minimum absolute atomic E-state index is 0. The number of hydrogen-bond donors (Lipinski definition) is 2. The summed E-state index contributed by atoms with van der Waals surface area (Å²) in [6, 6.07) is 6.57. The van der Waals surface area contributed by atoms with Crippen LogP contribution in [0.2, 0.25) is 0 Å². The number of aliphatic hydroxyl groups is 1. The molecule has 1 heterocycles. The van der Waals surface area contributed by atoms with Crippen LogP contribution in [-0.4, -0.2) is 32.0 Å². The van der Waals surface area contributed by atoms with Crippen molar-refractivity contribution in [3.8, 4) is 0 Å². The Kier molecular flexibility index (Phi) is 21.1. The van der Waals surface area contributed by atoms with E-state index in [1.54, 1.807) is 0 Å². The van der Waals surface area contributed by atoms with Crippen molar-refractivity contribution in [2.45, 2.75) is 53.6 Å². The van der Waals surface area contributed by atoms with Crippen molar-refractivity contribution in [3.63, 3.8) is 0 Å². The Hall–Kier alpha value is -1.64. The quantitative estimate of drug-likeness (QED) is 0.599. The van der Waals surface area contributed by atoms with Gasteiger partial charge in [-0.2, -0.15) is 0 Å². The maximum Gasteiger partial charge on any atom is 0.0755 e. The zero-order valence-corrected chi connectivity index (χ0v) is 14.7. The summed E-state index contributed by atoms with van der Waals surface area (Å²) in [6.07, 6.45) is 11.3. The van der Waals surface area contributed by atoms with Crippen molar-refractivity contribution in [1.29, 1.82) is 0 Å². The number of ether oxygens (including phenoxy) is 1. The van der Waals surface area contributed by atoms with E-state index in [1.165, 1.54) is 36.6 Å². The monoisotopic (exact) mass is 349 g/mol. The first-order valence-corrected chi connectivity index (χ1v) is 8.05. The molecule has 2 rings (SSSR count). The molecule has 1 fully saturated rings. The first-order chi connectivity index (χ1) is 11.3. The first kappa shape index (κ1) is 28.2. The zero-order chi connectivity index (χ0) is 17.5. The molecule has 25 heavy (non-hydrogen) atoms. The molecule has 0 aliphatic carbocycles. The van der Waals surface area contributed by atoms with Crippen molar-refractivity contribution < 1.29 is 9.84 Å². The second-order valence-corrected chi connectivity index (χ2v) is 5.14. The van der Waals surface area contributed by atoms with Gasteiger partial charge in [0.15, 0.2) is 0 Å². The summed E-state index contributed by atoms with van der Waals surface area (Å²) >= 11 is 0. The number of hydrogen-bond acceptors (Lipinski definition) is 3. The summed E-state index contributed by atoms with van der Waals surface area (Å²) in [4.78, 5) is 0. The van der Waals surface area contributed by atoms with E-state index in [9.17, 15) is 0 Å². The molecule has 1 aliphatic heterocycles. The van der Waals surface area contributed by atoms with E-state index in [0.29, 0.717) is 6.10 Å². The van der Waals surface area contributed by atoms with Gasteiger partial charge in [-0.05, 0) is 56.9 Å². The largest absolute Gasteiger partial charge is 0.400 e. The van der Waals surface area contributed by atoms with Gasteiger partial charge in [0.05, 0.1) is 6.10 Å².